The molecule has 0 saturated carbocycles. The minimum Gasteiger partial charge on any atom is -0.358 e. The number of aromatic amines is 2. The van der Waals surface area contributed by atoms with Crippen molar-refractivity contribution < 1.29 is 0 Å². The van der Waals surface area contributed by atoms with Gasteiger partial charge in [-0.05, 0) is 71.9 Å². The summed E-state index contributed by atoms with van der Waals surface area (Å²) in [5, 5.41) is 1.31. The van der Waals surface area contributed by atoms with E-state index in [1.165, 1.54) is 46.3 Å². The van der Waals surface area contributed by atoms with Gasteiger partial charge in [0.1, 0.15) is 0 Å². The molecule has 4 rings (SSSR count). The number of H-pyrrole nitrogens is 2. The third-order valence-electron chi connectivity index (χ3n) is 5.87. The molecule has 2 heterocycles. The predicted molar refractivity (Wildman–Crippen MR) is 162 cm³/mol. The van der Waals surface area contributed by atoms with Crippen molar-refractivity contribution in [2.45, 2.75) is 94.9 Å². The molecule has 0 aliphatic rings. The molecule has 0 fully saturated rings. The van der Waals surface area contributed by atoms with Gasteiger partial charge in [-0.3, -0.25) is 0 Å². The Bertz CT molecular complexity index is 1130. The molecular formula is C34H51N3. The summed E-state index contributed by atoms with van der Waals surface area (Å²) in [6.07, 6.45) is 8.22. The van der Waals surface area contributed by atoms with E-state index >= 15 is 0 Å². The number of fused-ring (bicyclic) bond motifs is 1. The Balaban J connectivity index is 0.000000198. The van der Waals surface area contributed by atoms with Crippen LogP contribution in [0, 0.1) is 23.2 Å². The van der Waals surface area contributed by atoms with Crippen LogP contribution in [0.15, 0.2) is 67.1 Å². The van der Waals surface area contributed by atoms with Gasteiger partial charge in [-0.2, -0.15) is 0 Å². The molecule has 0 bridgehead atoms. The van der Waals surface area contributed by atoms with Crippen LogP contribution in [0.1, 0.15) is 91.2 Å². The average molecular weight is 502 g/mol. The number of nitrogens with zero attached hydrogens (tertiary/aromatic N) is 1. The molecule has 37 heavy (non-hydrogen) atoms. The molecule has 3 nitrogen and oxygen atoms in total. The lowest BCUT2D eigenvalue weighted by molar-refractivity contribution is 0.378. The van der Waals surface area contributed by atoms with E-state index in [4.69, 9.17) is 0 Å². The summed E-state index contributed by atoms with van der Waals surface area (Å²) in [5.41, 5.74) is 7.75. The van der Waals surface area contributed by atoms with E-state index in [9.17, 15) is 0 Å². The van der Waals surface area contributed by atoms with Crippen LogP contribution < -0.4 is 0 Å². The van der Waals surface area contributed by atoms with Crippen LogP contribution in [0.5, 0.6) is 0 Å². The maximum Gasteiger partial charge on any atom is 0.0921 e. The van der Waals surface area contributed by atoms with Crippen LogP contribution in [-0.4, -0.2) is 15.0 Å². The van der Waals surface area contributed by atoms with Crippen LogP contribution in [0.2, 0.25) is 0 Å². The fraction of sp³-hybridized carbons (Fsp3) is 0.500. The van der Waals surface area contributed by atoms with E-state index in [0.29, 0.717) is 16.2 Å². The molecule has 0 aliphatic heterocycles. The van der Waals surface area contributed by atoms with E-state index in [1.54, 1.807) is 6.33 Å². The predicted octanol–water partition coefficient (Wildman–Crippen LogP) is 9.73. The average Bonchev–Trinajstić information content (AvgIpc) is 3.40. The molecule has 0 atom stereocenters. The molecule has 0 radical (unpaired) electrons. The first-order valence-electron chi connectivity index (χ1n) is 13.7. The molecule has 0 aliphatic carbocycles. The van der Waals surface area contributed by atoms with Crippen molar-refractivity contribution in [1.82, 2.24) is 15.0 Å². The Labute approximate surface area is 226 Å². The standard InChI is InChI=1S/C13H17N.C13H20.C8H14N2/c1-13(2,3)9-11-8-10-6-4-5-7-12(10)14-11;1-11-5-7-12(8-6-11)9-10-13(2,3)4;1-8(2,3)4-7-5-9-6-10-7/h4-8,14H,9H2,1-3H3;5-8H,9-10H2,1-4H3;5-6H,4H2,1-3H3,(H,9,10). The molecule has 2 aromatic carbocycles. The van der Waals surface area contributed by atoms with Crippen LogP contribution in [0.4, 0.5) is 0 Å². The van der Waals surface area contributed by atoms with Gasteiger partial charge in [0.2, 0.25) is 0 Å². The maximum atomic E-state index is 3.95. The van der Waals surface area contributed by atoms with E-state index < -0.39 is 0 Å². The second-order valence-electron chi connectivity index (χ2n) is 14.0. The van der Waals surface area contributed by atoms with Crippen molar-refractivity contribution >= 4 is 10.9 Å². The fourth-order valence-electron chi connectivity index (χ4n) is 4.03. The Kier molecular flexibility index (Phi) is 10.8. The molecule has 2 aromatic heterocycles. The third kappa shape index (κ3) is 13.3. The summed E-state index contributed by atoms with van der Waals surface area (Å²) >= 11 is 0. The van der Waals surface area contributed by atoms with Gasteiger partial charge in [0.15, 0.2) is 0 Å². The molecule has 0 saturated heterocycles. The first-order chi connectivity index (χ1) is 17.1. The first-order valence-corrected chi connectivity index (χ1v) is 13.7. The monoisotopic (exact) mass is 501 g/mol. The molecule has 202 valence electrons. The van der Waals surface area contributed by atoms with Crippen molar-refractivity contribution in [1.29, 1.82) is 0 Å². The number of hydrogen-bond donors (Lipinski definition) is 2. The minimum atomic E-state index is 0.348. The number of benzene rings is 2. The number of hydrogen-bond acceptors (Lipinski definition) is 1. The first kappa shape index (κ1) is 30.4. The van der Waals surface area contributed by atoms with Crippen molar-refractivity contribution in [3.63, 3.8) is 0 Å². The summed E-state index contributed by atoms with van der Waals surface area (Å²) in [7, 11) is 0. The number of nitrogens with one attached hydrogen (secondary N) is 2. The Morgan fingerprint density at radius 3 is 1.81 bits per heavy atom. The molecule has 0 unspecified atom stereocenters. The maximum absolute atomic E-state index is 3.95. The number of aryl methyl sites for hydroxylation is 2. The van der Waals surface area contributed by atoms with Crippen molar-refractivity contribution in [3.05, 3.63) is 89.6 Å². The normalized spacial score (nSPS) is 11.9. The highest BCUT2D eigenvalue weighted by atomic mass is 14.9. The zero-order valence-corrected chi connectivity index (χ0v) is 25.1. The highest BCUT2D eigenvalue weighted by molar-refractivity contribution is 5.80. The second-order valence-corrected chi connectivity index (χ2v) is 14.0. The summed E-state index contributed by atoms with van der Waals surface area (Å²) in [6.45, 7) is 22.4. The highest BCUT2D eigenvalue weighted by Crippen LogP contribution is 2.23. The summed E-state index contributed by atoms with van der Waals surface area (Å²) < 4.78 is 0. The zero-order chi connectivity index (χ0) is 27.7. The van der Waals surface area contributed by atoms with Crippen LogP contribution in [0.3, 0.4) is 0 Å². The third-order valence-corrected chi connectivity index (χ3v) is 5.87. The number of rotatable bonds is 4. The van der Waals surface area contributed by atoms with E-state index in [2.05, 4.69) is 139 Å². The number of aromatic nitrogens is 3. The van der Waals surface area contributed by atoms with Gasteiger partial charge in [0.05, 0.1) is 6.33 Å². The summed E-state index contributed by atoms with van der Waals surface area (Å²) in [6, 6.07) is 19.5. The Hall–Kier alpha value is -2.81. The zero-order valence-electron chi connectivity index (χ0n) is 25.1. The topological polar surface area (TPSA) is 44.5 Å². The van der Waals surface area contributed by atoms with Gasteiger partial charge in [-0.25, -0.2) is 4.98 Å². The molecule has 3 heteroatoms. The second kappa shape index (κ2) is 13.1. The van der Waals surface area contributed by atoms with Crippen LogP contribution in [-0.2, 0) is 19.3 Å². The molecule has 2 N–H and O–H groups in total. The molecule has 4 aromatic rings. The van der Waals surface area contributed by atoms with Crippen molar-refractivity contribution in [2.75, 3.05) is 0 Å². The quantitative estimate of drug-likeness (QED) is 0.287. The molecular weight excluding hydrogens is 450 g/mol. The Morgan fingerprint density at radius 1 is 0.703 bits per heavy atom. The SMILES string of the molecule is CC(C)(C)Cc1cc2ccccc2[nH]1.CC(C)(C)Cc1cnc[nH]1.Cc1ccc(CCC(C)(C)C)cc1. The van der Waals surface area contributed by atoms with Crippen molar-refractivity contribution in [2.24, 2.45) is 16.2 Å². The van der Waals surface area contributed by atoms with E-state index in [0.717, 1.165) is 12.8 Å². The van der Waals surface area contributed by atoms with Crippen LogP contribution >= 0.6 is 0 Å². The lowest BCUT2D eigenvalue weighted by atomic mass is 9.88. The summed E-state index contributed by atoms with van der Waals surface area (Å²) in [5.74, 6) is 0. The van der Waals surface area contributed by atoms with Gasteiger partial charge in [-0.1, -0.05) is 110 Å². The number of para-hydroxylation sites is 1. The number of imidazole rings is 1. The fourth-order valence-corrected chi connectivity index (χ4v) is 4.03. The largest absolute Gasteiger partial charge is 0.358 e. The molecule has 0 spiro atoms. The van der Waals surface area contributed by atoms with Gasteiger partial charge >= 0.3 is 0 Å². The van der Waals surface area contributed by atoms with Crippen molar-refractivity contribution in [3.8, 4) is 0 Å². The van der Waals surface area contributed by atoms with Crippen LogP contribution in [0.25, 0.3) is 10.9 Å². The van der Waals surface area contributed by atoms with Gasteiger partial charge in [-0.15, -0.1) is 0 Å². The lowest BCUT2D eigenvalue weighted by Gasteiger charge is -2.17. The molecule has 0 amide bonds. The summed E-state index contributed by atoms with van der Waals surface area (Å²) in [4.78, 5) is 10.5. The smallest absolute Gasteiger partial charge is 0.0921 e. The Morgan fingerprint density at radius 2 is 1.30 bits per heavy atom. The highest BCUT2D eigenvalue weighted by Gasteiger charge is 2.13. The lowest BCUT2D eigenvalue weighted by Crippen LogP contribution is -2.09. The van der Waals surface area contributed by atoms with Gasteiger partial charge < -0.3 is 9.97 Å². The van der Waals surface area contributed by atoms with E-state index in [1.807, 2.05) is 6.20 Å². The van der Waals surface area contributed by atoms with E-state index in [-0.39, 0.29) is 0 Å². The minimum absolute atomic E-state index is 0.348. The van der Waals surface area contributed by atoms with Gasteiger partial charge in [0.25, 0.3) is 0 Å². The van der Waals surface area contributed by atoms with Gasteiger partial charge in [0, 0.05) is 23.1 Å².